The molecule has 0 aliphatic carbocycles. The van der Waals surface area contributed by atoms with Gasteiger partial charge in [0.25, 0.3) is 0 Å². The van der Waals surface area contributed by atoms with Gasteiger partial charge in [0.1, 0.15) is 0 Å². The largest absolute Gasteiger partial charge is 0.228 e. The van der Waals surface area contributed by atoms with E-state index in [1.165, 1.54) is 14.8 Å². The maximum absolute atomic E-state index is 5.08. The van der Waals surface area contributed by atoms with Crippen molar-refractivity contribution in [1.29, 1.82) is 0 Å². The first-order valence-electron chi connectivity index (χ1n) is 18.2. The van der Waals surface area contributed by atoms with Crippen LogP contribution in [-0.2, 0) is 0 Å². The molecule has 3 heterocycles. The number of nitrogens with zero attached hydrogens (tertiary/aromatic N) is 5. The SMILES string of the molecule is c1ccc(-c2cc(-c3ccccc3)nc(-c3ccc(-c4ccc5sc6cccc(-c7nc(-c8ccccc8)nc(-c8ccccc8)n7)c6c5c4)cc3)n2)cc1. The van der Waals surface area contributed by atoms with E-state index in [0.717, 1.165) is 61.3 Å². The summed E-state index contributed by atoms with van der Waals surface area (Å²) < 4.78 is 2.40. The van der Waals surface area contributed by atoms with E-state index in [0.29, 0.717) is 23.3 Å². The molecule has 0 amide bonds. The summed E-state index contributed by atoms with van der Waals surface area (Å²) in [5.74, 6) is 2.64. The number of hydrogen-bond donors (Lipinski definition) is 0. The minimum absolute atomic E-state index is 0.649. The summed E-state index contributed by atoms with van der Waals surface area (Å²) in [4.78, 5) is 25.1. The molecule has 0 saturated heterocycles. The number of fused-ring (bicyclic) bond motifs is 3. The lowest BCUT2D eigenvalue weighted by molar-refractivity contribution is 1.08. The van der Waals surface area contributed by atoms with E-state index in [1.54, 1.807) is 11.3 Å². The summed E-state index contributed by atoms with van der Waals surface area (Å²) >= 11 is 1.79. The Balaban J connectivity index is 1.06. The summed E-state index contributed by atoms with van der Waals surface area (Å²) in [5, 5.41) is 2.32. The van der Waals surface area contributed by atoms with Gasteiger partial charge in [0, 0.05) is 53.6 Å². The Morgan fingerprint density at radius 2 is 0.745 bits per heavy atom. The van der Waals surface area contributed by atoms with Crippen molar-refractivity contribution in [2.24, 2.45) is 0 Å². The highest BCUT2D eigenvalue weighted by atomic mass is 32.1. The quantitative estimate of drug-likeness (QED) is 0.164. The van der Waals surface area contributed by atoms with Crippen LogP contribution in [0, 0.1) is 0 Å². The van der Waals surface area contributed by atoms with E-state index in [1.807, 2.05) is 97.1 Å². The molecule has 55 heavy (non-hydrogen) atoms. The number of aromatic nitrogens is 5. The van der Waals surface area contributed by atoms with Gasteiger partial charge in [-0.1, -0.05) is 164 Å². The maximum Gasteiger partial charge on any atom is 0.164 e. The van der Waals surface area contributed by atoms with Crippen molar-refractivity contribution in [1.82, 2.24) is 24.9 Å². The van der Waals surface area contributed by atoms with Gasteiger partial charge < -0.3 is 0 Å². The van der Waals surface area contributed by atoms with Crippen LogP contribution in [0.3, 0.4) is 0 Å². The van der Waals surface area contributed by atoms with Gasteiger partial charge in [-0.15, -0.1) is 11.3 Å². The Morgan fingerprint density at radius 1 is 0.291 bits per heavy atom. The zero-order valence-corrected chi connectivity index (χ0v) is 30.4. The molecule has 7 aromatic carbocycles. The monoisotopic (exact) mass is 721 g/mol. The summed E-state index contributed by atoms with van der Waals surface area (Å²) in [6.07, 6.45) is 0. The van der Waals surface area contributed by atoms with E-state index in [4.69, 9.17) is 24.9 Å². The smallest absolute Gasteiger partial charge is 0.164 e. The van der Waals surface area contributed by atoms with Crippen LogP contribution in [-0.4, -0.2) is 24.9 Å². The molecule has 0 N–H and O–H groups in total. The lowest BCUT2D eigenvalue weighted by atomic mass is 9.99. The van der Waals surface area contributed by atoms with Crippen LogP contribution in [0.2, 0.25) is 0 Å². The molecule has 0 fully saturated rings. The van der Waals surface area contributed by atoms with Gasteiger partial charge in [0.15, 0.2) is 23.3 Å². The molecule has 0 atom stereocenters. The third-order valence-electron chi connectivity index (χ3n) is 9.78. The lowest BCUT2D eigenvalue weighted by Gasteiger charge is -2.10. The zero-order chi connectivity index (χ0) is 36.6. The fourth-order valence-electron chi connectivity index (χ4n) is 7.02. The highest BCUT2D eigenvalue weighted by Crippen LogP contribution is 2.41. The fourth-order valence-corrected chi connectivity index (χ4v) is 8.14. The van der Waals surface area contributed by atoms with Crippen molar-refractivity contribution in [3.63, 3.8) is 0 Å². The molecule has 0 aliphatic heterocycles. The fraction of sp³-hybridized carbons (Fsp3) is 0. The predicted molar refractivity (Wildman–Crippen MR) is 226 cm³/mol. The van der Waals surface area contributed by atoms with E-state index >= 15 is 0 Å². The van der Waals surface area contributed by atoms with Crippen molar-refractivity contribution < 1.29 is 0 Å². The molecule has 10 aromatic rings. The third kappa shape index (κ3) is 6.35. The average molecular weight is 722 g/mol. The van der Waals surface area contributed by atoms with Crippen LogP contribution < -0.4 is 0 Å². The number of hydrogen-bond acceptors (Lipinski definition) is 6. The minimum atomic E-state index is 0.649. The molecule has 258 valence electrons. The third-order valence-corrected chi connectivity index (χ3v) is 10.9. The Labute approximate surface area is 322 Å². The first-order chi connectivity index (χ1) is 27.2. The second-order valence-electron chi connectivity index (χ2n) is 13.3. The van der Waals surface area contributed by atoms with Crippen LogP contribution in [0.5, 0.6) is 0 Å². The van der Waals surface area contributed by atoms with Gasteiger partial charge in [-0.05, 0) is 35.4 Å². The Kier molecular flexibility index (Phi) is 8.28. The van der Waals surface area contributed by atoms with E-state index in [2.05, 4.69) is 91.0 Å². The number of benzene rings is 7. The van der Waals surface area contributed by atoms with Crippen LogP contribution >= 0.6 is 11.3 Å². The van der Waals surface area contributed by atoms with Crippen molar-refractivity contribution in [2.45, 2.75) is 0 Å². The average Bonchev–Trinajstić information content (AvgIpc) is 3.66. The Bertz CT molecular complexity index is 2830. The molecular weight excluding hydrogens is 691 g/mol. The first-order valence-corrected chi connectivity index (χ1v) is 19.0. The molecule has 0 radical (unpaired) electrons. The normalized spacial score (nSPS) is 11.3. The predicted octanol–water partition coefficient (Wildman–Crippen LogP) is 12.7. The van der Waals surface area contributed by atoms with Gasteiger partial charge in [-0.2, -0.15) is 0 Å². The summed E-state index contributed by atoms with van der Waals surface area (Å²) in [6, 6.07) is 64.6. The van der Waals surface area contributed by atoms with Crippen molar-refractivity contribution in [3.8, 4) is 79.2 Å². The highest BCUT2D eigenvalue weighted by molar-refractivity contribution is 7.26. The molecule has 0 spiro atoms. The molecule has 0 unspecified atom stereocenters. The standard InChI is InChI=1S/C49H31N5S/c1-5-14-33(15-6-1)41-31-42(34-16-7-2-8-17-34)51-46(50-41)37-26-24-32(25-27-37)38-28-29-43-40(30-38)45-39(22-13-23-44(45)55-43)49-53-47(35-18-9-3-10-19-35)52-48(54-49)36-20-11-4-12-21-36/h1-31H. The molecule has 5 nitrogen and oxygen atoms in total. The van der Waals surface area contributed by atoms with Crippen LogP contribution in [0.4, 0.5) is 0 Å². The highest BCUT2D eigenvalue weighted by Gasteiger charge is 2.18. The number of rotatable bonds is 7. The van der Waals surface area contributed by atoms with E-state index in [9.17, 15) is 0 Å². The van der Waals surface area contributed by atoms with Gasteiger partial charge in [0.05, 0.1) is 11.4 Å². The second-order valence-corrected chi connectivity index (χ2v) is 14.4. The summed E-state index contributed by atoms with van der Waals surface area (Å²) in [7, 11) is 0. The van der Waals surface area contributed by atoms with Crippen LogP contribution in [0.25, 0.3) is 99.4 Å². The summed E-state index contributed by atoms with van der Waals surface area (Å²) in [6.45, 7) is 0. The zero-order valence-electron chi connectivity index (χ0n) is 29.5. The second kappa shape index (κ2) is 14.0. The van der Waals surface area contributed by atoms with Crippen LogP contribution in [0.1, 0.15) is 0 Å². The Hall–Kier alpha value is -7.15. The molecule has 0 saturated carbocycles. The molecule has 0 aliphatic rings. The topological polar surface area (TPSA) is 64.5 Å². The minimum Gasteiger partial charge on any atom is -0.228 e. The van der Waals surface area contributed by atoms with Crippen LogP contribution in [0.15, 0.2) is 188 Å². The molecule has 3 aromatic heterocycles. The van der Waals surface area contributed by atoms with Crippen molar-refractivity contribution in [2.75, 3.05) is 0 Å². The maximum atomic E-state index is 5.08. The van der Waals surface area contributed by atoms with E-state index < -0.39 is 0 Å². The van der Waals surface area contributed by atoms with Crippen molar-refractivity contribution >= 4 is 31.5 Å². The van der Waals surface area contributed by atoms with E-state index in [-0.39, 0.29) is 0 Å². The molecular formula is C49H31N5S. The molecule has 0 bridgehead atoms. The van der Waals surface area contributed by atoms with Gasteiger partial charge in [-0.3, -0.25) is 0 Å². The molecule has 6 heteroatoms. The molecule has 10 rings (SSSR count). The summed E-state index contributed by atoms with van der Waals surface area (Å²) in [5.41, 5.74) is 9.98. The first kappa shape index (κ1) is 32.5. The van der Waals surface area contributed by atoms with Gasteiger partial charge in [0.2, 0.25) is 0 Å². The van der Waals surface area contributed by atoms with Crippen molar-refractivity contribution in [3.05, 3.63) is 188 Å². The van der Waals surface area contributed by atoms with Gasteiger partial charge in [-0.25, -0.2) is 24.9 Å². The lowest BCUT2D eigenvalue weighted by Crippen LogP contribution is -2.00. The number of thiophene rings is 1. The Morgan fingerprint density at radius 3 is 1.31 bits per heavy atom. The van der Waals surface area contributed by atoms with Gasteiger partial charge >= 0.3 is 0 Å².